The highest BCUT2D eigenvalue weighted by Gasteiger charge is 2.24. The Bertz CT molecular complexity index is 280. The largest absolute Gasteiger partial charge is 0.379 e. The minimum absolute atomic E-state index is 0.125. The summed E-state index contributed by atoms with van der Waals surface area (Å²) in [6.07, 6.45) is 4.63. The molecule has 0 aliphatic carbocycles. The maximum absolute atomic E-state index is 12.2. The number of hydrogen-bond donors (Lipinski definition) is 1. The third kappa shape index (κ3) is 4.35. The van der Waals surface area contributed by atoms with E-state index in [0.717, 1.165) is 65.2 Å². The zero-order valence-electron chi connectivity index (χ0n) is 12.1. The fourth-order valence-electron chi connectivity index (χ4n) is 2.94. The van der Waals surface area contributed by atoms with E-state index in [-0.39, 0.29) is 6.03 Å². The zero-order chi connectivity index (χ0) is 13.5. The number of likely N-dealkylation sites (tertiary alicyclic amines) is 1. The average Bonchev–Trinajstić information content (AvgIpc) is 2.48. The van der Waals surface area contributed by atoms with Crippen LogP contribution < -0.4 is 5.32 Å². The predicted molar refractivity (Wildman–Crippen MR) is 75.3 cm³/mol. The van der Waals surface area contributed by atoms with Gasteiger partial charge in [0.1, 0.15) is 0 Å². The molecule has 0 spiro atoms. The van der Waals surface area contributed by atoms with Gasteiger partial charge in [0.05, 0.1) is 13.2 Å². The molecular formula is C14H27N3O2. The van der Waals surface area contributed by atoms with Gasteiger partial charge in [0.15, 0.2) is 0 Å². The summed E-state index contributed by atoms with van der Waals surface area (Å²) in [4.78, 5) is 16.6. The van der Waals surface area contributed by atoms with E-state index in [4.69, 9.17) is 4.74 Å². The van der Waals surface area contributed by atoms with Crippen LogP contribution in [0, 0.1) is 0 Å². The lowest BCUT2D eigenvalue weighted by molar-refractivity contribution is 0.0384. The predicted octanol–water partition coefficient (Wildman–Crippen LogP) is 1.29. The standard InChI is InChI=1S/C14H27N3O2/c1-2-13-5-3-4-7-17(13)14(18)15-6-8-16-9-11-19-12-10-16/h13H,2-12H2,1H3,(H,15,18). The minimum Gasteiger partial charge on any atom is -0.379 e. The van der Waals surface area contributed by atoms with Gasteiger partial charge in [-0.2, -0.15) is 0 Å². The first-order chi connectivity index (χ1) is 9.31. The quantitative estimate of drug-likeness (QED) is 0.836. The van der Waals surface area contributed by atoms with Gasteiger partial charge < -0.3 is 15.0 Å². The Balaban J connectivity index is 1.67. The summed E-state index contributed by atoms with van der Waals surface area (Å²) >= 11 is 0. The molecule has 2 rings (SSSR count). The number of carbonyl (C=O) groups excluding carboxylic acids is 1. The number of nitrogens with one attached hydrogen (secondary N) is 1. The van der Waals surface area contributed by atoms with Crippen LogP contribution in [0.4, 0.5) is 4.79 Å². The van der Waals surface area contributed by atoms with Crippen molar-refractivity contribution in [2.24, 2.45) is 0 Å². The number of nitrogens with zero attached hydrogens (tertiary/aromatic N) is 2. The average molecular weight is 269 g/mol. The monoisotopic (exact) mass is 269 g/mol. The third-order valence-corrected chi connectivity index (χ3v) is 4.17. The van der Waals surface area contributed by atoms with Crippen LogP contribution in [0.5, 0.6) is 0 Å². The van der Waals surface area contributed by atoms with Gasteiger partial charge >= 0.3 is 6.03 Å². The highest BCUT2D eigenvalue weighted by molar-refractivity contribution is 5.74. The van der Waals surface area contributed by atoms with Crippen LogP contribution in [0.3, 0.4) is 0 Å². The number of ether oxygens (including phenoxy) is 1. The van der Waals surface area contributed by atoms with E-state index in [2.05, 4.69) is 17.1 Å². The molecule has 0 radical (unpaired) electrons. The zero-order valence-corrected chi connectivity index (χ0v) is 12.1. The van der Waals surface area contributed by atoms with Crippen molar-refractivity contribution < 1.29 is 9.53 Å². The van der Waals surface area contributed by atoms with Gasteiger partial charge in [-0.25, -0.2) is 4.79 Å². The molecule has 0 bridgehead atoms. The number of amides is 2. The fraction of sp³-hybridized carbons (Fsp3) is 0.929. The Labute approximate surface area is 116 Å². The van der Waals surface area contributed by atoms with Crippen molar-refractivity contribution in [3.8, 4) is 0 Å². The lowest BCUT2D eigenvalue weighted by atomic mass is 10.0. The second-order valence-electron chi connectivity index (χ2n) is 5.44. The van der Waals surface area contributed by atoms with Crippen molar-refractivity contribution in [3.05, 3.63) is 0 Å². The molecule has 1 unspecified atom stereocenters. The number of urea groups is 1. The molecule has 19 heavy (non-hydrogen) atoms. The van der Waals surface area contributed by atoms with E-state index < -0.39 is 0 Å². The third-order valence-electron chi connectivity index (χ3n) is 4.17. The van der Waals surface area contributed by atoms with Crippen molar-refractivity contribution in [2.45, 2.75) is 38.6 Å². The summed E-state index contributed by atoms with van der Waals surface area (Å²) < 4.78 is 5.31. The maximum Gasteiger partial charge on any atom is 0.317 e. The van der Waals surface area contributed by atoms with Crippen molar-refractivity contribution in [1.29, 1.82) is 0 Å². The summed E-state index contributed by atoms with van der Waals surface area (Å²) in [7, 11) is 0. The van der Waals surface area contributed by atoms with Crippen molar-refractivity contribution >= 4 is 6.03 Å². The van der Waals surface area contributed by atoms with Crippen LogP contribution in [-0.4, -0.2) is 67.8 Å². The highest BCUT2D eigenvalue weighted by atomic mass is 16.5. The van der Waals surface area contributed by atoms with E-state index >= 15 is 0 Å². The first-order valence-electron chi connectivity index (χ1n) is 7.66. The second-order valence-corrected chi connectivity index (χ2v) is 5.44. The van der Waals surface area contributed by atoms with Gasteiger partial charge in [-0.15, -0.1) is 0 Å². The Morgan fingerprint density at radius 3 is 2.79 bits per heavy atom. The van der Waals surface area contributed by atoms with E-state index in [0.29, 0.717) is 6.04 Å². The Kier molecular flexibility index (Phi) is 5.92. The Morgan fingerprint density at radius 2 is 2.05 bits per heavy atom. The number of hydrogen-bond acceptors (Lipinski definition) is 3. The van der Waals surface area contributed by atoms with E-state index in [9.17, 15) is 4.79 Å². The number of carbonyl (C=O) groups is 1. The number of rotatable bonds is 4. The Hall–Kier alpha value is -0.810. The molecule has 1 N–H and O–H groups in total. The van der Waals surface area contributed by atoms with Gasteiger partial charge in [0, 0.05) is 38.8 Å². The van der Waals surface area contributed by atoms with Gasteiger partial charge in [-0.1, -0.05) is 6.92 Å². The molecule has 0 aromatic heterocycles. The highest BCUT2D eigenvalue weighted by Crippen LogP contribution is 2.19. The van der Waals surface area contributed by atoms with E-state index in [1.54, 1.807) is 0 Å². The molecule has 2 saturated heterocycles. The first kappa shape index (κ1) is 14.6. The number of piperidine rings is 1. The molecule has 0 aromatic rings. The molecule has 2 aliphatic heterocycles. The molecule has 1 atom stereocenters. The molecule has 2 heterocycles. The molecule has 2 fully saturated rings. The van der Waals surface area contributed by atoms with Crippen LogP contribution in [-0.2, 0) is 4.74 Å². The molecule has 110 valence electrons. The fourth-order valence-corrected chi connectivity index (χ4v) is 2.94. The first-order valence-corrected chi connectivity index (χ1v) is 7.66. The van der Waals surface area contributed by atoms with Crippen molar-refractivity contribution in [2.75, 3.05) is 45.9 Å². The molecule has 0 aromatic carbocycles. The molecule has 5 nitrogen and oxygen atoms in total. The lowest BCUT2D eigenvalue weighted by Crippen LogP contribution is -2.50. The SMILES string of the molecule is CCC1CCCCN1C(=O)NCCN1CCOCC1. The van der Waals surface area contributed by atoms with E-state index in [1.807, 2.05) is 4.90 Å². The normalized spacial score (nSPS) is 25.3. The molecule has 2 amide bonds. The van der Waals surface area contributed by atoms with Crippen LogP contribution in [0.15, 0.2) is 0 Å². The summed E-state index contributed by atoms with van der Waals surface area (Å²) in [5.41, 5.74) is 0. The molecule has 2 aliphatic rings. The number of morpholine rings is 1. The second kappa shape index (κ2) is 7.70. The van der Waals surface area contributed by atoms with Crippen molar-refractivity contribution in [3.63, 3.8) is 0 Å². The minimum atomic E-state index is 0.125. The molecule has 5 heteroatoms. The summed E-state index contributed by atoms with van der Waals surface area (Å²) in [5.74, 6) is 0. The van der Waals surface area contributed by atoms with Gasteiger partial charge in [0.2, 0.25) is 0 Å². The summed E-state index contributed by atoms with van der Waals surface area (Å²) in [6.45, 7) is 8.36. The van der Waals surface area contributed by atoms with E-state index in [1.165, 1.54) is 6.42 Å². The molecule has 0 saturated carbocycles. The summed E-state index contributed by atoms with van der Waals surface area (Å²) in [5, 5.41) is 3.07. The van der Waals surface area contributed by atoms with Gasteiger partial charge in [-0.3, -0.25) is 4.90 Å². The van der Waals surface area contributed by atoms with Crippen LogP contribution in [0.2, 0.25) is 0 Å². The lowest BCUT2D eigenvalue weighted by Gasteiger charge is -2.35. The van der Waals surface area contributed by atoms with Gasteiger partial charge in [0.25, 0.3) is 0 Å². The Morgan fingerprint density at radius 1 is 1.26 bits per heavy atom. The molecular weight excluding hydrogens is 242 g/mol. The smallest absolute Gasteiger partial charge is 0.317 e. The van der Waals surface area contributed by atoms with Crippen LogP contribution in [0.25, 0.3) is 0 Å². The van der Waals surface area contributed by atoms with Crippen LogP contribution >= 0.6 is 0 Å². The van der Waals surface area contributed by atoms with Crippen LogP contribution in [0.1, 0.15) is 32.6 Å². The van der Waals surface area contributed by atoms with Crippen molar-refractivity contribution in [1.82, 2.24) is 15.1 Å². The maximum atomic E-state index is 12.2. The summed E-state index contributed by atoms with van der Waals surface area (Å²) in [6, 6.07) is 0.567. The van der Waals surface area contributed by atoms with Gasteiger partial charge in [-0.05, 0) is 25.7 Å². The topological polar surface area (TPSA) is 44.8 Å².